The highest BCUT2D eigenvalue weighted by Gasteiger charge is 2.34. The Balaban J connectivity index is 1.85. The van der Waals surface area contributed by atoms with Crippen LogP contribution in [0.3, 0.4) is 0 Å². The highest BCUT2D eigenvalue weighted by atomic mass is 19.1. The number of carbonyl (C=O) groups is 1. The van der Waals surface area contributed by atoms with Gasteiger partial charge < -0.3 is 14.2 Å². The molecular weight excluding hydrogens is 323 g/mol. The number of fused-ring (bicyclic) bond motifs is 2. The summed E-state index contributed by atoms with van der Waals surface area (Å²) in [5.74, 6) is -0.595. The van der Waals surface area contributed by atoms with Crippen LogP contribution in [0.2, 0.25) is 0 Å². The number of rotatable bonds is 1. The van der Waals surface area contributed by atoms with Crippen molar-refractivity contribution in [2.45, 2.75) is 25.7 Å². The Bertz CT molecular complexity index is 885. The van der Waals surface area contributed by atoms with Crippen molar-refractivity contribution >= 4 is 11.4 Å². The number of carbonyl (C=O) groups excluding carboxylic acids is 1. The Morgan fingerprint density at radius 3 is 2.64 bits per heavy atom. The third kappa shape index (κ3) is 2.97. The number of Topliss-reactive ketones (excluding diaryl/α,β-unsaturated/α-hetero) is 1. The van der Waals surface area contributed by atoms with E-state index in [2.05, 4.69) is 0 Å². The summed E-state index contributed by atoms with van der Waals surface area (Å²) in [6, 6.07) is 11.2. The number of hydrogen-bond acceptors (Lipinski definition) is 4. The second-order valence-corrected chi connectivity index (χ2v) is 6.52. The van der Waals surface area contributed by atoms with E-state index in [4.69, 9.17) is 14.2 Å². The molecule has 0 bridgehead atoms. The Kier molecular flexibility index (Phi) is 3.71. The molecule has 1 atom stereocenters. The normalized spacial score (nSPS) is 22.9. The molecule has 0 radical (unpaired) electrons. The van der Waals surface area contributed by atoms with Crippen LogP contribution in [0.25, 0.3) is 5.57 Å². The van der Waals surface area contributed by atoms with Crippen LogP contribution in [0, 0.1) is 5.82 Å². The van der Waals surface area contributed by atoms with Gasteiger partial charge >= 0.3 is 0 Å². The van der Waals surface area contributed by atoms with Crippen LogP contribution in [-0.2, 0) is 9.47 Å². The number of hydrogen-bond donors (Lipinski definition) is 0. The highest BCUT2D eigenvalue weighted by Crippen LogP contribution is 2.39. The van der Waals surface area contributed by atoms with Crippen LogP contribution in [0.4, 0.5) is 4.39 Å². The van der Waals surface area contributed by atoms with E-state index in [1.54, 1.807) is 12.1 Å². The lowest BCUT2D eigenvalue weighted by Crippen LogP contribution is -2.21. The molecule has 0 amide bonds. The number of benzene rings is 2. The molecule has 0 N–H and O–H groups in total. The molecule has 4 nitrogen and oxygen atoms in total. The van der Waals surface area contributed by atoms with E-state index in [1.807, 2.05) is 32.0 Å². The van der Waals surface area contributed by atoms with Gasteiger partial charge in [0.1, 0.15) is 23.4 Å². The molecule has 1 saturated heterocycles. The average molecular weight is 340 g/mol. The maximum absolute atomic E-state index is 13.7. The van der Waals surface area contributed by atoms with Gasteiger partial charge in [-0.1, -0.05) is 18.2 Å². The first-order chi connectivity index (χ1) is 11.9. The molecule has 2 heterocycles. The van der Waals surface area contributed by atoms with Crippen molar-refractivity contribution in [3.05, 3.63) is 65.5 Å². The van der Waals surface area contributed by atoms with Crippen LogP contribution in [0.5, 0.6) is 11.5 Å². The lowest BCUT2D eigenvalue weighted by Gasteiger charge is -2.16. The third-order valence-corrected chi connectivity index (χ3v) is 4.21. The number of ketones is 1. The summed E-state index contributed by atoms with van der Waals surface area (Å²) in [6.45, 7) is 3.99. The molecule has 2 aliphatic rings. The van der Waals surface area contributed by atoms with Gasteiger partial charge in [-0.3, -0.25) is 4.79 Å². The summed E-state index contributed by atoms with van der Waals surface area (Å²) in [4.78, 5) is 13.1. The predicted octanol–water partition coefficient (Wildman–Crippen LogP) is 4.35. The summed E-state index contributed by atoms with van der Waals surface area (Å²) >= 11 is 0. The minimum absolute atomic E-state index is 0.195. The minimum atomic E-state index is -0.699. The lowest BCUT2D eigenvalue weighted by molar-refractivity contribution is -0.133. The molecule has 0 unspecified atom stereocenters. The minimum Gasteiger partial charge on any atom is -0.456 e. The second kappa shape index (κ2) is 5.79. The van der Waals surface area contributed by atoms with Crippen LogP contribution < -0.4 is 4.74 Å². The molecule has 0 aromatic heterocycles. The smallest absolute Gasteiger partial charge is 0.197 e. The Morgan fingerprint density at radius 1 is 1.12 bits per heavy atom. The molecule has 25 heavy (non-hydrogen) atoms. The van der Waals surface area contributed by atoms with Crippen LogP contribution >= 0.6 is 0 Å². The molecule has 5 heteroatoms. The lowest BCUT2D eigenvalue weighted by atomic mass is 9.95. The first kappa shape index (κ1) is 16.0. The molecule has 1 fully saturated rings. The first-order valence-electron chi connectivity index (χ1n) is 8.08. The molecule has 2 aliphatic heterocycles. The van der Waals surface area contributed by atoms with Crippen molar-refractivity contribution in [3.8, 4) is 11.5 Å². The zero-order valence-electron chi connectivity index (χ0n) is 13.9. The van der Waals surface area contributed by atoms with Crippen molar-refractivity contribution in [3.63, 3.8) is 0 Å². The molecule has 0 aliphatic carbocycles. The topological polar surface area (TPSA) is 44.8 Å². The Labute approximate surface area is 144 Å². The number of halogens is 1. The maximum atomic E-state index is 13.7. The van der Waals surface area contributed by atoms with E-state index in [-0.39, 0.29) is 17.5 Å². The Morgan fingerprint density at radius 2 is 1.88 bits per heavy atom. The molecule has 2 aromatic carbocycles. The fourth-order valence-corrected chi connectivity index (χ4v) is 3.08. The zero-order valence-corrected chi connectivity index (χ0v) is 13.9. The first-order valence-corrected chi connectivity index (χ1v) is 8.08. The molecule has 4 rings (SSSR count). The monoisotopic (exact) mass is 340 g/mol. The molecule has 128 valence electrons. The third-order valence-electron chi connectivity index (χ3n) is 4.21. The van der Waals surface area contributed by atoms with Crippen molar-refractivity contribution < 1.29 is 23.4 Å². The van der Waals surface area contributed by atoms with Gasteiger partial charge in [-0.15, -0.1) is 0 Å². The van der Waals surface area contributed by atoms with Gasteiger partial charge in [0.25, 0.3) is 0 Å². The van der Waals surface area contributed by atoms with Gasteiger partial charge in [-0.05, 0) is 44.2 Å². The van der Waals surface area contributed by atoms with Gasteiger partial charge in [-0.2, -0.15) is 0 Å². The highest BCUT2D eigenvalue weighted by molar-refractivity contribution is 6.31. The summed E-state index contributed by atoms with van der Waals surface area (Å²) < 4.78 is 30.9. The van der Waals surface area contributed by atoms with E-state index in [0.717, 1.165) is 0 Å². The summed E-state index contributed by atoms with van der Waals surface area (Å²) in [7, 11) is 0. The van der Waals surface area contributed by atoms with E-state index in [0.29, 0.717) is 29.2 Å². The average Bonchev–Trinajstić information content (AvgIpc) is 2.87. The van der Waals surface area contributed by atoms with E-state index in [1.165, 1.54) is 18.2 Å². The standard InChI is InChI=1S/C20H17FO4/c1-20(2)23-11-13(25-20)10-15-14-5-3-4-6-17(14)24-18-8-7-12(21)9-16(18)19(15)22/h3-10,13H,11H2,1-2H3/t13-/m1/s1. The summed E-state index contributed by atoms with van der Waals surface area (Å²) in [5, 5.41) is 0. The van der Waals surface area contributed by atoms with Gasteiger partial charge in [0.2, 0.25) is 0 Å². The molecule has 2 aromatic rings. The van der Waals surface area contributed by atoms with Gasteiger partial charge in [0.05, 0.1) is 12.2 Å². The molecular formula is C20H17FO4. The van der Waals surface area contributed by atoms with E-state index in [9.17, 15) is 9.18 Å². The van der Waals surface area contributed by atoms with E-state index < -0.39 is 11.6 Å². The summed E-state index contributed by atoms with van der Waals surface area (Å²) in [5.41, 5.74) is 1.27. The fourth-order valence-electron chi connectivity index (χ4n) is 3.08. The van der Waals surface area contributed by atoms with Gasteiger partial charge in [0, 0.05) is 11.1 Å². The SMILES string of the molecule is CC1(C)OC[C@@H](C=C2C(=O)c3cc(F)ccc3Oc3ccccc32)O1. The largest absolute Gasteiger partial charge is 0.456 e. The zero-order chi connectivity index (χ0) is 17.6. The van der Waals surface area contributed by atoms with Crippen molar-refractivity contribution in [2.24, 2.45) is 0 Å². The van der Waals surface area contributed by atoms with E-state index >= 15 is 0 Å². The number of ether oxygens (including phenoxy) is 3. The van der Waals surface area contributed by atoms with Crippen LogP contribution in [0.15, 0.2) is 48.5 Å². The van der Waals surface area contributed by atoms with Crippen molar-refractivity contribution in [2.75, 3.05) is 6.61 Å². The van der Waals surface area contributed by atoms with Crippen molar-refractivity contribution in [1.82, 2.24) is 0 Å². The Hall–Kier alpha value is -2.50. The molecule has 0 spiro atoms. The number of allylic oxidation sites excluding steroid dienone is 1. The van der Waals surface area contributed by atoms with Crippen molar-refractivity contribution in [1.29, 1.82) is 0 Å². The fraction of sp³-hybridized carbons (Fsp3) is 0.250. The van der Waals surface area contributed by atoms with Crippen LogP contribution in [0.1, 0.15) is 29.8 Å². The van der Waals surface area contributed by atoms with Gasteiger partial charge in [0.15, 0.2) is 11.6 Å². The molecule has 0 saturated carbocycles. The predicted molar refractivity (Wildman–Crippen MR) is 90.1 cm³/mol. The quantitative estimate of drug-likeness (QED) is 0.724. The maximum Gasteiger partial charge on any atom is 0.197 e. The summed E-state index contributed by atoms with van der Waals surface area (Å²) in [6.07, 6.45) is 1.37. The number of para-hydroxylation sites is 1. The van der Waals surface area contributed by atoms with Crippen LogP contribution in [-0.4, -0.2) is 24.3 Å². The second-order valence-electron chi connectivity index (χ2n) is 6.52. The van der Waals surface area contributed by atoms with Gasteiger partial charge in [-0.25, -0.2) is 4.39 Å².